The molecule has 0 unspecified atom stereocenters. The molecule has 0 aromatic carbocycles. The second-order valence-corrected chi connectivity index (χ2v) is 6.86. The zero-order chi connectivity index (χ0) is 13.1. The Morgan fingerprint density at radius 2 is 1.60 bits per heavy atom. The maximum Gasteiger partial charge on any atom is 0.222 e. The molecular weight excluding hydrogens is 272 g/mol. The third kappa shape index (κ3) is 4.63. The van der Waals surface area contributed by atoms with Gasteiger partial charge in [-0.05, 0) is 56.9 Å². The molecule has 3 rings (SSSR count). The van der Waals surface area contributed by atoms with Crippen molar-refractivity contribution in [3.63, 3.8) is 0 Å². The lowest BCUT2D eigenvalue weighted by Gasteiger charge is -2.33. The second kappa shape index (κ2) is 7.65. The smallest absolute Gasteiger partial charge is 0.222 e. The summed E-state index contributed by atoms with van der Waals surface area (Å²) in [5, 5.41) is 3.68. The van der Waals surface area contributed by atoms with Crippen LogP contribution in [-0.2, 0) is 4.79 Å². The van der Waals surface area contributed by atoms with Gasteiger partial charge in [0.1, 0.15) is 0 Å². The molecule has 0 atom stereocenters. The van der Waals surface area contributed by atoms with E-state index in [2.05, 4.69) is 10.2 Å². The van der Waals surface area contributed by atoms with Gasteiger partial charge in [-0.15, -0.1) is 12.4 Å². The Morgan fingerprint density at radius 1 is 0.950 bits per heavy atom. The van der Waals surface area contributed by atoms with Crippen molar-refractivity contribution in [1.82, 2.24) is 10.2 Å². The van der Waals surface area contributed by atoms with E-state index < -0.39 is 0 Å². The van der Waals surface area contributed by atoms with Gasteiger partial charge in [-0.25, -0.2) is 0 Å². The summed E-state index contributed by atoms with van der Waals surface area (Å²) in [6.45, 7) is 3.17. The maximum atomic E-state index is 12.2. The van der Waals surface area contributed by atoms with Gasteiger partial charge in [0.05, 0.1) is 0 Å². The van der Waals surface area contributed by atoms with Gasteiger partial charge in [0.2, 0.25) is 5.91 Å². The highest BCUT2D eigenvalue weighted by molar-refractivity contribution is 5.85. The molecule has 20 heavy (non-hydrogen) atoms. The lowest BCUT2D eigenvalue weighted by atomic mass is 10.0. The number of piperidine rings is 1. The molecule has 2 saturated carbocycles. The molecule has 0 aromatic heterocycles. The van der Waals surface area contributed by atoms with Crippen LogP contribution in [0.5, 0.6) is 0 Å². The van der Waals surface area contributed by atoms with Crippen LogP contribution in [0.3, 0.4) is 0 Å². The normalized spacial score (nSPS) is 24.7. The van der Waals surface area contributed by atoms with E-state index in [-0.39, 0.29) is 12.4 Å². The van der Waals surface area contributed by atoms with E-state index in [0.29, 0.717) is 17.9 Å². The minimum absolute atomic E-state index is 0. The van der Waals surface area contributed by atoms with Crippen LogP contribution in [0.15, 0.2) is 0 Å². The summed E-state index contributed by atoms with van der Waals surface area (Å²) < 4.78 is 0. The zero-order valence-electron chi connectivity index (χ0n) is 12.5. The molecule has 2 aliphatic carbocycles. The Bertz CT molecular complexity index is 306. The topological polar surface area (TPSA) is 32.3 Å². The molecular formula is C16H29ClN2O. The first-order valence-electron chi connectivity index (χ1n) is 8.32. The van der Waals surface area contributed by atoms with Crippen molar-refractivity contribution in [2.75, 3.05) is 19.6 Å². The van der Waals surface area contributed by atoms with E-state index in [9.17, 15) is 4.79 Å². The van der Waals surface area contributed by atoms with E-state index in [0.717, 1.165) is 38.3 Å². The Kier molecular flexibility index (Phi) is 6.16. The summed E-state index contributed by atoms with van der Waals surface area (Å²) in [7, 11) is 0. The fourth-order valence-corrected chi connectivity index (χ4v) is 3.58. The van der Waals surface area contributed by atoms with Crippen LogP contribution in [-0.4, -0.2) is 36.5 Å². The number of amides is 1. The number of nitrogens with one attached hydrogen (secondary N) is 1. The molecule has 3 aliphatic rings. The molecule has 0 bridgehead atoms. The zero-order valence-corrected chi connectivity index (χ0v) is 13.3. The number of likely N-dealkylation sites (tertiary alicyclic amines) is 1. The maximum absolute atomic E-state index is 12.2. The molecule has 1 amide bonds. The van der Waals surface area contributed by atoms with Gasteiger partial charge in [0.25, 0.3) is 0 Å². The number of nitrogens with zero attached hydrogens (tertiary/aromatic N) is 1. The van der Waals surface area contributed by atoms with Crippen molar-refractivity contribution < 1.29 is 4.79 Å². The summed E-state index contributed by atoms with van der Waals surface area (Å²) in [5.74, 6) is 2.08. The van der Waals surface area contributed by atoms with Gasteiger partial charge in [-0.2, -0.15) is 0 Å². The van der Waals surface area contributed by atoms with Crippen LogP contribution >= 0.6 is 12.4 Å². The Hall–Kier alpha value is -0.280. The first-order valence-corrected chi connectivity index (χ1v) is 8.32. The molecule has 3 nitrogen and oxygen atoms in total. The van der Waals surface area contributed by atoms with Crippen molar-refractivity contribution in [2.24, 2.45) is 11.8 Å². The lowest BCUT2D eigenvalue weighted by Crippen LogP contribution is -2.45. The number of hydrogen-bond donors (Lipinski definition) is 1. The van der Waals surface area contributed by atoms with Gasteiger partial charge in [-0.3, -0.25) is 4.79 Å². The lowest BCUT2D eigenvalue weighted by molar-refractivity contribution is -0.133. The predicted octanol–water partition coefficient (Wildman–Crippen LogP) is 2.98. The average molecular weight is 301 g/mol. The monoisotopic (exact) mass is 300 g/mol. The minimum Gasteiger partial charge on any atom is -0.343 e. The van der Waals surface area contributed by atoms with E-state index in [4.69, 9.17) is 0 Å². The van der Waals surface area contributed by atoms with Crippen molar-refractivity contribution in [2.45, 2.75) is 63.8 Å². The summed E-state index contributed by atoms with van der Waals surface area (Å²) in [6.07, 6.45) is 11.2. The summed E-state index contributed by atoms with van der Waals surface area (Å²) in [6, 6.07) is 0.663. The number of carbonyl (C=O) groups excluding carboxylic acids is 1. The minimum atomic E-state index is 0. The fraction of sp³-hybridized carbons (Fsp3) is 0.938. The molecule has 0 spiro atoms. The highest BCUT2D eigenvalue weighted by atomic mass is 35.5. The van der Waals surface area contributed by atoms with Gasteiger partial charge in [0, 0.05) is 25.6 Å². The molecule has 3 fully saturated rings. The van der Waals surface area contributed by atoms with Crippen LogP contribution in [0.25, 0.3) is 0 Å². The van der Waals surface area contributed by atoms with Crippen molar-refractivity contribution in [3.05, 3.63) is 0 Å². The van der Waals surface area contributed by atoms with Gasteiger partial charge in [-0.1, -0.05) is 12.8 Å². The molecule has 1 aliphatic heterocycles. The third-order valence-electron chi connectivity index (χ3n) is 5.18. The number of carbonyl (C=O) groups is 1. The van der Waals surface area contributed by atoms with Crippen molar-refractivity contribution >= 4 is 18.3 Å². The molecule has 1 heterocycles. The number of rotatable bonds is 5. The summed E-state index contributed by atoms with van der Waals surface area (Å²) >= 11 is 0. The summed E-state index contributed by atoms with van der Waals surface area (Å²) in [5.41, 5.74) is 0. The molecule has 0 aromatic rings. The molecule has 116 valence electrons. The molecule has 0 radical (unpaired) electrons. The van der Waals surface area contributed by atoms with Crippen molar-refractivity contribution in [1.29, 1.82) is 0 Å². The molecule has 4 heteroatoms. The van der Waals surface area contributed by atoms with E-state index >= 15 is 0 Å². The first kappa shape index (κ1) is 16.1. The Labute approximate surface area is 129 Å². The summed E-state index contributed by atoms with van der Waals surface area (Å²) in [4.78, 5) is 14.4. The van der Waals surface area contributed by atoms with E-state index in [1.54, 1.807) is 0 Å². The van der Waals surface area contributed by atoms with Crippen LogP contribution < -0.4 is 5.32 Å². The van der Waals surface area contributed by atoms with Crippen LogP contribution in [0.2, 0.25) is 0 Å². The van der Waals surface area contributed by atoms with Gasteiger partial charge in [0.15, 0.2) is 0 Å². The van der Waals surface area contributed by atoms with E-state index in [1.807, 2.05) is 0 Å². The standard InChI is InChI=1S/C16H28N2O.ClH/c19-16(11-13-3-1-2-4-13)18-9-7-15(8-10-18)17-12-14-5-6-14;/h13-15,17H,1-12H2;1H. The van der Waals surface area contributed by atoms with Crippen LogP contribution in [0, 0.1) is 11.8 Å². The van der Waals surface area contributed by atoms with Gasteiger partial charge >= 0.3 is 0 Å². The van der Waals surface area contributed by atoms with E-state index in [1.165, 1.54) is 45.1 Å². The fourth-order valence-electron chi connectivity index (χ4n) is 3.58. The van der Waals surface area contributed by atoms with Crippen LogP contribution in [0.4, 0.5) is 0 Å². The second-order valence-electron chi connectivity index (χ2n) is 6.86. The highest BCUT2D eigenvalue weighted by Crippen LogP contribution is 2.29. The quantitative estimate of drug-likeness (QED) is 0.846. The Morgan fingerprint density at radius 3 is 2.20 bits per heavy atom. The molecule has 1 saturated heterocycles. The van der Waals surface area contributed by atoms with Crippen LogP contribution in [0.1, 0.15) is 57.8 Å². The molecule has 1 N–H and O–H groups in total. The number of halogens is 1. The largest absolute Gasteiger partial charge is 0.343 e. The predicted molar refractivity (Wildman–Crippen MR) is 84.2 cm³/mol. The first-order chi connectivity index (χ1) is 9.31. The Balaban J connectivity index is 0.00000147. The van der Waals surface area contributed by atoms with Gasteiger partial charge < -0.3 is 10.2 Å². The third-order valence-corrected chi connectivity index (χ3v) is 5.18. The average Bonchev–Trinajstić information content (AvgIpc) is 3.13. The SMILES string of the molecule is Cl.O=C(CC1CCCC1)N1CCC(NCC2CC2)CC1. The van der Waals surface area contributed by atoms with Crippen molar-refractivity contribution in [3.8, 4) is 0 Å². The highest BCUT2D eigenvalue weighted by Gasteiger charge is 2.27. The number of hydrogen-bond acceptors (Lipinski definition) is 2.